The highest BCUT2D eigenvalue weighted by Crippen LogP contribution is 2.32. The number of nitriles is 1. The lowest BCUT2D eigenvalue weighted by Crippen LogP contribution is -2.04. The van der Waals surface area contributed by atoms with Gasteiger partial charge in [0.05, 0.1) is 12.0 Å². The molecule has 0 unspecified atom stereocenters. The normalized spacial score (nSPS) is 10.6. The van der Waals surface area contributed by atoms with Crippen LogP contribution in [-0.4, -0.2) is 6.61 Å². The molecule has 0 bridgehead atoms. The van der Waals surface area contributed by atoms with Crippen molar-refractivity contribution in [1.82, 2.24) is 0 Å². The zero-order valence-corrected chi connectivity index (χ0v) is 9.36. The lowest BCUT2D eigenvalue weighted by atomic mass is 10.2. The van der Waals surface area contributed by atoms with Crippen LogP contribution in [0.25, 0.3) is 11.0 Å². The Balaban J connectivity index is 2.44. The summed E-state index contributed by atoms with van der Waals surface area (Å²) < 4.78 is 11.0. The first kappa shape index (κ1) is 10.6. The first-order valence-corrected chi connectivity index (χ1v) is 5.26. The zero-order chi connectivity index (χ0) is 11.5. The van der Waals surface area contributed by atoms with Crippen LogP contribution in [0.5, 0.6) is 5.75 Å². The highest BCUT2D eigenvalue weighted by atomic mass is 16.5. The van der Waals surface area contributed by atoms with Crippen molar-refractivity contribution in [2.45, 2.75) is 13.8 Å². The molecule has 1 heterocycles. The Bertz CT molecular complexity index is 534. The van der Waals surface area contributed by atoms with Crippen molar-refractivity contribution in [2.24, 2.45) is 5.92 Å². The van der Waals surface area contributed by atoms with Gasteiger partial charge in [-0.15, -0.1) is 0 Å². The van der Waals surface area contributed by atoms with Gasteiger partial charge in [0, 0.05) is 0 Å². The Morgan fingerprint density at radius 3 is 2.81 bits per heavy atom. The topological polar surface area (TPSA) is 46.2 Å². The largest absolute Gasteiger partial charge is 0.488 e. The van der Waals surface area contributed by atoms with Gasteiger partial charge in [0.2, 0.25) is 5.76 Å². The van der Waals surface area contributed by atoms with Crippen LogP contribution in [0.1, 0.15) is 19.6 Å². The summed E-state index contributed by atoms with van der Waals surface area (Å²) in [7, 11) is 0. The lowest BCUT2D eigenvalue weighted by molar-refractivity contribution is 0.269. The van der Waals surface area contributed by atoms with Gasteiger partial charge in [0.25, 0.3) is 0 Å². The Labute approximate surface area is 94.2 Å². The van der Waals surface area contributed by atoms with Crippen molar-refractivity contribution in [3.63, 3.8) is 0 Å². The minimum atomic E-state index is 0.252. The molecule has 3 heteroatoms. The minimum absolute atomic E-state index is 0.252. The van der Waals surface area contributed by atoms with E-state index in [0.29, 0.717) is 23.9 Å². The van der Waals surface area contributed by atoms with Crippen LogP contribution in [0.15, 0.2) is 28.7 Å². The van der Waals surface area contributed by atoms with E-state index >= 15 is 0 Å². The van der Waals surface area contributed by atoms with Gasteiger partial charge in [-0.3, -0.25) is 0 Å². The van der Waals surface area contributed by atoms with Crippen molar-refractivity contribution in [3.05, 3.63) is 30.0 Å². The second-order valence-corrected chi connectivity index (χ2v) is 4.07. The summed E-state index contributed by atoms with van der Waals surface area (Å²) in [5.41, 5.74) is 0.692. The van der Waals surface area contributed by atoms with Gasteiger partial charge in [-0.05, 0) is 18.1 Å². The number of ether oxygens (including phenoxy) is 1. The molecule has 2 rings (SSSR count). The van der Waals surface area contributed by atoms with Gasteiger partial charge in [0.15, 0.2) is 5.75 Å². The summed E-state index contributed by atoms with van der Waals surface area (Å²) in [6, 6.07) is 9.53. The second-order valence-electron chi connectivity index (χ2n) is 4.07. The molecule has 0 N–H and O–H groups in total. The molecule has 0 spiro atoms. The average molecular weight is 215 g/mol. The van der Waals surface area contributed by atoms with Gasteiger partial charge < -0.3 is 9.15 Å². The number of hydrogen-bond acceptors (Lipinski definition) is 3. The SMILES string of the molecule is CC(C)COc1c(C#N)oc2ccccc12. The van der Waals surface area contributed by atoms with Crippen LogP contribution in [-0.2, 0) is 0 Å². The molecule has 0 aliphatic rings. The molecule has 3 nitrogen and oxygen atoms in total. The fourth-order valence-electron chi connectivity index (χ4n) is 1.49. The summed E-state index contributed by atoms with van der Waals surface area (Å²) in [5.74, 6) is 1.23. The van der Waals surface area contributed by atoms with E-state index in [2.05, 4.69) is 13.8 Å². The summed E-state index contributed by atoms with van der Waals surface area (Å²) >= 11 is 0. The summed E-state index contributed by atoms with van der Waals surface area (Å²) in [6.07, 6.45) is 0. The first-order chi connectivity index (χ1) is 7.72. The zero-order valence-electron chi connectivity index (χ0n) is 9.36. The second kappa shape index (κ2) is 4.28. The fourth-order valence-corrected chi connectivity index (χ4v) is 1.49. The molecule has 0 fully saturated rings. The number of benzene rings is 1. The summed E-state index contributed by atoms with van der Waals surface area (Å²) in [5, 5.41) is 9.82. The maximum Gasteiger partial charge on any atom is 0.246 e. The van der Waals surface area contributed by atoms with Crippen LogP contribution in [0, 0.1) is 17.2 Å². The van der Waals surface area contributed by atoms with Gasteiger partial charge >= 0.3 is 0 Å². The third-order valence-electron chi connectivity index (χ3n) is 2.21. The quantitative estimate of drug-likeness (QED) is 0.788. The molecular formula is C13H13NO2. The maximum absolute atomic E-state index is 8.96. The van der Waals surface area contributed by atoms with Gasteiger partial charge in [-0.1, -0.05) is 26.0 Å². The number of nitrogens with zero attached hydrogens (tertiary/aromatic N) is 1. The van der Waals surface area contributed by atoms with Crippen LogP contribution in [0.4, 0.5) is 0 Å². The lowest BCUT2D eigenvalue weighted by Gasteiger charge is -2.06. The monoisotopic (exact) mass is 215 g/mol. The summed E-state index contributed by atoms with van der Waals surface area (Å²) in [4.78, 5) is 0. The van der Waals surface area contributed by atoms with Crippen LogP contribution >= 0.6 is 0 Å². The van der Waals surface area contributed by atoms with Crippen molar-refractivity contribution in [1.29, 1.82) is 5.26 Å². The molecule has 0 aliphatic carbocycles. The van der Waals surface area contributed by atoms with Crippen LogP contribution < -0.4 is 4.74 Å². The van der Waals surface area contributed by atoms with E-state index in [9.17, 15) is 0 Å². The smallest absolute Gasteiger partial charge is 0.246 e. The highest BCUT2D eigenvalue weighted by molar-refractivity contribution is 5.86. The van der Waals surface area contributed by atoms with Crippen molar-refractivity contribution in [3.8, 4) is 11.8 Å². The van der Waals surface area contributed by atoms with Gasteiger partial charge in [-0.2, -0.15) is 5.26 Å². The Morgan fingerprint density at radius 1 is 1.38 bits per heavy atom. The molecule has 0 aliphatic heterocycles. The van der Waals surface area contributed by atoms with E-state index in [1.54, 1.807) is 0 Å². The number of furan rings is 1. The fraction of sp³-hybridized carbons (Fsp3) is 0.308. The number of fused-ring (bicyclic) bond motifs is 1. The maximum atomic E-state index is 8.96. The standard InChI is InChI=1S/C13H13NO2/c1-9(2)8-15-13-10-5-3-4-6-11(10)16-12(13)7-14/h3-6,9H,8H2,1-2H3. The van der Waals surface area contributed by atoms with E-state index in [0.717, 1.165) is 5.39 Å². The molecule has 2 aromatic rings. The van der Waals surface area contributed by atoms with Crippen LogP contribution in [0.2, 0.25) is 0 Å². The molecule has 1 aromatic carbocycles. The molecule has 0 amide bonds. The Kier molecular flexibility index (Phi) is 2.82. The molecular weight excluding hydrogens is 202 g/mol. The molecule has 0 saturated heterocycles. The van der Waals surface area contributed by atoms with E-state index < -0.39 is 0 Å². The molecule has 0 radical (unpaired) electrons. The molecule has 82 valence electrons. The van der Waals surface area contributed by atoms with E-state index in [1.165, 1.54) is 0 Å². The van der Waals surface area contributed by atoms with Crippen LogP contribution in [0.3, 0.4) is 0 Å². The average Bonchev–Trinajstić information content (AvgIpc) is 2.64. The summed E-state index contributed by atoms with van der Waals surface area (Å²) in [6.45, 7) is 4.71. The van der Waals surface area contributed by atoms with E-state index in [-0.39, 0.29) is 5.76 Å². The third kappa shape index (κ3) is 1.87. The molecule has 0 atom stereocenters. The van der Waals surface area contributed by atoms with Crippen molar-refractivity contribution >= 4 is 11.0 Å². The molecule has 16 heavy (non-hydrogen) atoms. The first-order valence-electron chi connectivity index (χ1n) is 5.26. The van der Waals surface area contributed by atoms with Crippen molar-refractivity contribution < 1.29 is 9.15 Å². The minimum Gasteiger partial charge on any atom is -0.488 e. The predicted octanol–water partition coefficient (Wildman–Crippen LogP) is 3.34. The van der Waals surface area contributed by atoms with Gasteiger partial charge in [0.1, 0.15) is 11.7 Å². The number of hydrogen-bond donors (Lipinski definition) is 0. The van der Waals surface area contributed by atoms with Crippen molar-refractivity contribution in [2.75, 3.05) is 6.61 Å². The third-order valence-corrected chi connectivity index (χ3v) is 2.21. The molecule has 0 saturated carbocycles. The Hall–Kier alpha value is -1.95. The highest BCUT2D eigenvalue weighted by Gasteiger charge is 2.15. The number of para-hydroxylation sites is 1. The van der Waals surface area contributed by atoms with E-state index in [1.807, 2.05) is 30.3 Å². The predicted molar refractivity (Wildman–Crippen MR) is 61.3 cm³/mol. The molecule has 1 aromatic heterocycles. The number of rotatable bonds is 3. The van der Waals surface area contributed by atoms with E-state index in [4.69, 9.17) is 14.4 Å². The van der Waals surface area contributed by atoms with Gasteiger partial charge in [-0.25, -0.2) is 0 Å². The Morgan fingerprint density at radius 2 is 2.12 bits per heavy atom.